The van der Waals surface area contributed by atoms with Crippen molar-refractivity contribution >= 4 is 119 Å². The Morgan fingerprint density at radius 3 is 1.04 bits per heavy atom. The van der Waals surface area contributed by atoms with Crippen LogP contribution in [0.25, 0.3) is 0 Å². The average Bonchev–Trinajstić information content (AvgIpc) is 1.50. The van der Waals surface area contributed by atoms with Gasteiger partial charge in [0.25, 0.3) is 0 Å². The van der Waals surface area contributed by atoms with Crippen LogP contribution in [0.1, 0.15) is 185 Å². The van der Waals surface area contributed by atoms with Crippen LogP contribution in [0.15, 0.2) is 72.8 Å². The van der Waals surface area contributed by atoms with Gasteiger partial charge >= 0.3 is 25.8 Å². The van der Waals surface area contributed by atoms with Crippen LogP contribution in [0.4, 0.5) is 32.3 Å². The summed E-state index contributed by atoms with van der Waals surface area (Å²) in [5, 5.41) is 6.67. The number of carbonyl (C=O) groups excluding carboxylic acids is 2. The Morgan fingerprint density at radius 2 is 0.738 bits per heavy atom. The van der Waals surface area contributed by atoms with Gasteiger partial charge in [-0.1, -0.05) is 74.7 Å². The Kier molecular flexibility index (Phi) is 18.2. The predicted octanol–water partition coefficient (Wildman–Crippen LogP) is 9.97. The van der Waals surface area contributed by atoms with Gasteiger partial charge in [-0.2, -0.15) is 4.79 Å². The zero-order chi connectivity index (χ0) is 72.0. The summed E-state index contributed by atoms with van der Waals surface area (Å²) in [5.74, 6) is 0. The summed E-state index contributed by atoms with van der Waals surface area (Å²) in [4.78, 5) is 39.4. The Labute approximate surface area is 619 Å². The number of rotatable bonds is 6. The van der Waals surface area contributed by atoms with Crippen molar-refractivity contribution in [2.75, 3.05) is 86.1 Å². The normalized spacial score (nSPS) is 21.5. The maximum absolute atomic E-state index is 14.3. The third-order valence-electron chi connectivity index (χ3n) is 26.2. The van der Waals surface area contributed by atoms with Gasteiger partial charge in [0.2, 0.25) is 11.4 Å². The van der Waals surface area contributed by atoms with Crippen molar-refractivity contribution in [1.29, 1.82) is 0 Å². The number of hydrogen-bond acceptors (Lipinski definition) is 12. The molecule has 0 bridgehead atoms. The maximum atomic E-state index is 14.3. The molecule has 1 N–H and O–H groups in total. The summed E-state index contributed by atoms with van der Waals surface area (Å²) in [6.45, 7) is 36.9. The van der Waals surface area contributed by atoms with Crippen molar-refractivity contribution in [3.63, 3.8) is 0 Å². The average molecular weight is 1440 g/mol. The van der Waals surface area contributed by atoms with E-state index < -0.39 is 39.9 Å². The fourth-order valence-electron chi connectivity index (χ4n) is 20.2. The summed E-state index contributed by atoms with van der Waals surface area (Å²) in [5.41, 5.74) is 28.7. The summed E-state index contributed by atoms with van der Waals surface area (Å²) >= 11 is 5.12. The number of ether oxygens (including phenoxy) is 2. The number of benzene rings is 6. The molecule has 0 saturated carbocycles. The van der Waals surface area contributed by atoms with Crippen LogP contribution in [0.3, 0.4) is 0 Å². The number of fused-ring (bicyclic) bond motifs is 8. The minimum absolute atomic E-state index is 0.159. The summed E-state index contributed by atoms with van der Waals surface area (Å²) in [7, 11) is -0.712. The maximum Gasteiger partial charge on any atom is 0.597 e. The summed E-state index contributed by atoms with van der Waals surface area (Å²) in [6, 6.07) is 25.8. The van der Waals surface area contributed by atoms with E-state index in [2.05, 4.69) is 110 Å². The first kappa shape index (κ1) is 70.8. The molecule has 12 aliphatic rings. The molecular formula is C84H107B2ClN6O8Si2+2. The second-order valence-electron chi connectivity index (χ2n) is 34.4. The van der Waals surface area contributed by atoms with Crippen molar-refractivity contribution in [1.82, 2.24) is 0 Å². The van der Waals surface area contributed by atoms with Gasteiger partial charge in [0.15, 0.2) is 0 Å². The van der Waals surface area contributed by atoms with Crippen molar-refractivity contribution in [3.8, 4) is 0 Å². The number of carbonyl (C=O) groups is 2. The third kappa shape index (κ3) is 12.0. The Balaban J connectivity index is 0.000000133. The molecule has 103 heavy (non-hydrogen) atoms. The molecule has 6 aromatic rings. The lowest BCUT2D eigenvalue weighted by atomic mass is 9.79. The number of aryl methyl sites for hydroxylation is 4. The number of anilines is 4. The van der Waals surface area contributed by atoms with E-state index in [0.29, 0.717) is 0 Å². The van der Waals surface area contributed by atoms with E-state index in [1.54, 1.807) is 76.6 Å². The van der Waals surface area contributed by atoms with Gasteiger partial charge in [0.1, 0.15) is 43.5 Å². The van der Waals surface area contributed by atoms with Crippen molar-refractivity contribution in [2.24, 2.45) is 0 Å². The third-order valence-corrected chi connectivity index (χ3v) is 33.6. The lowest BCUT2D eigenvalue weighted by Crippen LogP contribution is -2.74. The molecule has 0 radical (unpaired) electrons. The molecule has 2 saturated heterocycles. The molecule has 0 spiro atoms. The standard InChI is InChI=1S/C42H53BN3O4Si.C28H35N3Si.C14H18BClO4/c1-41(2)42(3,4)50-43(49-41)30-18-16-27(17-19-30)26-48-40(47)44(5)37-33-24-28-12-8-20-45-22-10-14-31(35(28)45)38(33)51(6,7)39-32-15-11-23-46-21-9-13-29(36(32)46)25-34(37)39;1-29-24-22-16-18-8-4-12-30-14-6-10-20(25(18)30)27(22)32(2,3)28-21-11-7-15-31-13-5-9-19(26(21)31)17-23(24)28;1-13(2)14(3,4)20-15(19-13)11-7-5-10(6-8-11)9-18-12(16)17/h16-19,24-25H,8-15,20-23,26H2,1-7H3;16-17H,4-15H2,1-3H3;5-8H,9H2,1-4H3/q+1;;/p+1. The van der Waals surface area contributed by atoms with Crippen LogP contribution < -0.4 is 56.3 Å². The highest BCUT2D eigenvalue weighted by Gasteiger charge is 2.55. The van der Waals surface area contributed by atoms with Gasteiger partial charge in [0.05, 0.1) is 22.4 Å². The molecule has 2 fully saturated rings. The van der Waals surface area contributed by atoms with E-state index in [1.807, 2.05) is 87.8 Å². The summed E-state index contributed by atoms with van der Waals surface area (Å²) in [6.07, 6.45) is 19.3. The monoisotopic (exact) mass is 1440 g/mol. The Bertz CT molecular complexity index is 4310. The van der Waals surface area contributed by atoms with Gasteiger partial charge in [0, 0.05) is 109 Å². The molecular weight excluding hydrogens is 1330 g/mol. The van der Waals surface area contributed by atoms with Crippen molar-refractivity contribution in [2.45, 2.75) is 220 Å². The molecule has 0 aromatic heterocycles. The van der Waals surface area contributed by atoms with Crippen LogP contribution in [-0.2, 0) is 92.7 Å². The second kappa shape index (κ2) is 26.5. The molecule has 6 aromatic carbocycles. The van der Waals surface area contributed by atoms with Gasteiger partial charge < -0.3 is 47.7 Å². The molecule has 1 amide bonds. The lowest BCUT2D eigenvalue weighted by molar-refractivity contribution is -0.418. The second-order valence-corrected chi connectivity index (χ2v) is 43.3. The van der Waals surface area contributed by atoms with Crippen LogP contribution in [0, 0.1) is 0 Å². The SMILES string of the molecule is CC1(C)OB(c2ccc(COC(=O)Cl)cc2)OC1(C)C.C[N+](C(=O)OCc1ccc(B2OC(C)(C)C(C)(C)O2)cc1)=C1c2cc3c4c(c2[Si](C)(C)c2c1cc1c5c2CCCN5CCC1)CCCN4CCC3.C[NH+]=C1c2cc3c4c(c2[Si](C)(C)c2c1cc1c5c2CCCN5CCC1)CCCN4CCC3. The number of hydrogen-bond donors (Lipinski definition) is 1. The first-order valence-electron chi connectivity index (χ1n) is 39.0. The highest BCUT2D eigenvalue weighted by Crippen LogP contribution is 2.46. The van der Waals surface area contributed by atoms with Crippen molar-refractivity contribution < 1.29 is 47.2 Å². The van der Waals surface area contributed by atoms with E-state index >= 15 is 0 Å². The molecule has 0 unspecified atom stereocenters. The zero-order valence-electron chi connectivity index (χ0n) is 63.8. The van der Waals surface area contributed by atoms with Crippen molar-refractivity contribution in [3.05, 3.63) is 151 Å². The minimum Gasteiger partial charge on any atom is -0.449 e. The van der Waals surface area contributed by atoms with Crippen LogP contribution >= 0.6 is 11.6 Å². The fourth-order valence-corrected chi connectivity index (χ4v) is 28.2. The quantitative estimate of drug-likeness (QED) is 0.0972. The molecule has 14 nitrogen and oxygen atoms in total. The van der Waals surface area contributed by atoms with Crippen LogP contribution in [0.2, 0.25) is 26.2 Å². The van der Waals surface area contributed by atoms with Gasteiger partial charge in [-0.15, -0.1) is 4.58 Å². The number of halogens is 1. The molecule has 12 heterocycles. The van der Waals surface area contributed by atoms with E-state index in [0.717, 1.165) is 79.6 Å². The van der Waals surface area contributed by atoms with E-state index in [1.165, 1.54) is 143 Å². The first-order chi connectivity index (χ1) is 49.2. The van der Waals surface area contributed by atoms with E-state index in [4.69, 9.17) is 39.7 Å². The van der Waals surface area contributed by atoms with E-state index in [9.17, 15) is 9.59 Å². The molecule has 19 heteroatoms. The lowest BCUT2D eigenvalue weighted by Gasteiger charge is -2.45. The molecule has 0 atom stereocenters. The van der Waals surface area contributed by atoms with Gasteiger partial charge in [-0.3, -0.25) is 0 Å². The number of amides is 1. The molecule has 18 rings (SSSR count). The fraction of sp³-hybridized carbons (Fsp3) is 0.524. The minimum atomic E-state index is -2.17. The smallest absolute Gasteiger partial charge is 0.449 e. The largest absolute Gasteiger partial charge is 0.597 e. The molecule has 0 aliphatic carbocycles. The van der Waals surface area contributed by atoms with Gasteiger partial charge in [-0.05, 0) is 270 Å². The van der Waals surface area contributed by atoms with Crippen LogP contribution in [-0.4, -0.2) is 147 Å². The highest BCUT2D eigenvalue weighted by atomic mass is 35.5. The van der Waals surface area contributed by atoms with Crippen LogP contribution in [0.5, 0.6) is 0 Å². The topological polar surface area (TPSA) is 119 Å². The number of nitrogens with zero attached hydrogens (tertiary/aromatic N) is 5. The van der Waals surface area contributed by atoms with E-state index in [-0.39, 0.29) is 37.6 Å². The number of nitrogens with one attached hydrogen (secondary N) is 1. The first-order valence-corrected chi connectivity index (χ1v) is 45.4. The molecule has 540 valence electrons. The zero-order valence-corrected chi connectivity index (χ0v) is 66.6. The summed E-state index contributed by atoms with van der Waals surface area (Å²) < 4.78 is 37.2. The van der Waals surface area contributed by atoms with Gasteiger partial charge in [-0.25, -0.2) is 9.79 Å². The molecule has 12 aliphatic heterocycles. The Hall–Kier alpha value is -6.51. The Morgan fingerprint density at radius 1 is 0.456 bits per heavy atom. The highest BCUT2D eigenvalue weighted by molar-refractivity contribution is 7.04. The predicted molar refractivity (Wildman–Crippen MR) is 425 cm³/mol.